The first kappa shape index (κ1) is 13.4. The van der Waals surface area contributed by atoms with Gasteiger partial charge in [0.25, 0.3) is 0 Å². The molecule has 1 aliphatic rings. The van der Waals surface area contributed by atoms with Crippen LogP contribution in [0.3, 0.4) is 0 Å². The Morgan fingerprint density at radius 1 is 1.29 bits per heavy atom. The van der Waals surface area contributed by atoms with Crippen molar-refractivity contribution in [3.63, 3.8) is 0 Å². The van der Waals surface area contributed by atoms with E-state index in [1.54, 1.807) is 13.8 Å². The van der Waals surface area contributed by atoms with Crippen molar-refractivity contribution in [2.45, 2.75) is 45.3 Å². The topological polar surface area (TPSA) is 69.7 Å². The molecule has 1 saturated carbocycles. The quantitative estimate of drug-likeness (QED) is 0.544. The number of esters is 2. The fourth-order valence-corrected chi connectivity index (χ4v) is 1.50. The van der Waals surface area contributed by atoms with Gasteiger partial charge >= 0.3 is 11.9 Å². The summed E-state index contributed by atoms with van der Waals surface area (Å²) in [6.07, 6.45) is 2.87. The first-order valence-corrected chi connectivity index (χ1v) is 5.61. The summed E-state index contributed by atoms with van der Waals surface area (Å²) in [5, 5.41) is 0. The zero-order valence-corrected chi connectivity index (χ0v) is 9.97. The van der Waals surface area contributed by atoms with Gasteiger partial charge in [-0.3, -0.25) is 4.79 Å². The summed E-state index contributed by atoms with van der Waals surface area (Å²) >= 11 is 0. The van der Waals surface area contributed by atoms with Gasteiger partial charge in [0.15, 0.2) is 11.9 Å². The van der Waals surface area contributed by atoms with E-state index in [2.05, 4.69) is 0 Å². The van der Waals surface area contributed by atoms with Gasteiger partial charge in [-0.2, -0.15) is 0 Å². The van der Waals surface area contributed by atoms with Crippen LogP contribution in [0.15, 0.2) is 12.2 Å². The van der Waals surface area contributed by atoms with E-state index >= 15 is 0 Å². The molecule has 0 aliphatic heterocycles. The minimum absolute atomic E-state index is 0.0588. The van der Waals surface area contributed by atoms with Crippen LogP contribution in [0.2, 0.25) is 0 Å². The minimum Gasteiger partial charge on any atom is -0.460 e. The second-order valence-corrected chi connectivity index (χ2v) is 4.10. The standard InChI is InChI=1S/C12H16O5/c1-8(2)16-11(14)6-7-12(15)17-10-5-3-4-9(10)13/h6-8,10H,3-5H2,1-2H3/b7-6+. The number of ether oxygens (including phenoxy) is 2. The van der Waals surface area contributed by atoms with Gasteiger partial charge in [-0.25, -0.2) is 9.59 Å². The van der Waals surface area contributed by atoms with Gasteiger partial charge < -0.3 is 9.47 Å². The van der Waals surface area contributed by atoms with Crippen LogP contribution in [0.4, 0.5) is 0 Å². The fraction of sp³-hybridized carbons (Fsp3) is 0.583. The van der Waals surface area contributed by atoms with E-state index in [9.17, 15) is 14.4 Å². The summed E-state index contributed by atoms with van der Waals surface area (Å²) in [6.45, 7) is 3.42. The van der Waals surface area contributed by atoms with Crippen LogP contribution >= 0.6 is 0 Å². The smallest absolute Gasteiger partial charge is 0.331 e. The van der Waals surface area contributed by atoms with Crippen molar-refractivity contribution in [2.24, 2.45) is 0 Å². The number of rotatable bonds is 4. The Balaban J connectivity index is 2.36. The molecule has 17 heavy (non-hydrogen) atoms. The normalized spacial score (nSPS) is 19.9. The second kappa shape index (κ2) is 6.18. The molecule has 0 radical (unpaired) electrons. The van der Waals surface area contributed by atoms with E-state index in [1.165, 1.54) is 0 Å². The lowest BCUT2D eigenvalue weighted by atomic mass is 10.3. The van der Waals surface area contributed by atoms with Gasteiger partial charge in [0.05, 0.1) is 6.10 Å². The lowest BCUT2D eigenvalue weighted by molar-refractivity contribution is -0.149. The van der Waals surface area contributed by atoms with Crippen LogP contribution < -0.4 is 0 Å². The molecule has 0 aromatic rings. The number of ketones is 1. The molecule has 1 aliphatic carbocycles. The van der Waals surface area contributed by atoms with Gasteiger partial charge in [0, 0.05) is 18.6 Å². The monoisotopic (exact) mass is 240 g/mol. The SMILES string of the molecule is CC(C)OC(=O)/C=C/C(=O)OC1CCCC1=O. The Morgan fingerprint density at radius 3 is 2.47 bits per heavy atom. The molecule has 1 atom stereocenters. The summed E-state index contributed by atoms with van der Waals surface area (Å²) in [7, 11) is 0. The van der Waals surface area contributed by atoms with E-state index in [-0.39, 0.29) is 11.9 Å². The minimum atomic E-state index is -0.689. The van der Waals surface area contributed by atoms with Crippen molar-refractivity contribution in [1.29, 1.82) is 0 Å². The zero-order valence-electron chi connectivity index (χ0n) is 9.97. The van der Waals surface area contributed by atoms with Crippen LogP contribution in [-0.2, 0) is 23.9 Å². The lowest BCUT2D eigenvalue weighted by Gasteiger charge is -2.07. The predicted molar refractivity (Wildman–Crippen MR) is 59.1 cm³/mol. The largest absolute Gasteiger partial charge is 0.460 e. The van der Waals surface area contributed by atoms with Crippen molar-refractivity contribution in [1.82, 2.24) is 0 Å². The molecule has 0 aromatic carbocycles. The maximum atomic E-state index is 11.3. The van der Waals surface area contributed by atoms with Crippen LogP contribution in [0, 0.1) is 0 Å². The Bertz CT molecular complexity index is 343. The molecule has 0 bridgehead atoms. The Hall–Kier alpha value is -1.65. The van der Waals surface area contributed by atoms with Gasteiger partial charge in [-0.15, -0.1) is 0 Å². The van der Waals surface area contributed by atoms with Crippen LogP contribution in [0.5, 0.6) is 0 Å². The molecule has 0 heterocycles. The molecule has 1 rings (SSSR count). The maximum absolute atomic E-state index is 11.3. The van der Waals surface area contributed by atoms with Gasteiger partial charge in [0.1, 0.15) is 0 Å². The van der Waals surface area contributed by atoms with E-state index in [4.69, 9.17) is 9.47 Å². The third kappa shape index (κ3) is 4.80. The maximum Gasteiger partial charge on any atom is 0.331 e. The van der Waals surface area contributed by atoms with Gasteiger partial charge in [0.2, 0.25) is 0 Å². The molecule has 5 heteroatoms. The third-order valence-electron chi connectivity index (χ3n) is 2.21. The van der Waals surface area contributed by atoms with Crippen LogP contribution in [0.1, 0.15) is 33.1 Å². The van der Waals surface area contributed by atoms with Crippen molar-refractivity contribution < 1.29 is 23.9 Å². The summed E-state index contributed by atoms with van der Waals surface area (Å²) in [5.74, 6) is -1.35. The summed E-state index contributed by atoms with van der Waals surface area (Å²) < 4.78 is 9.69. The van der Waals surface area contributed by atoms with E-state index in [0.29, 0.717) is 12.8 Å². The van der Waals surface area contributed by atoms with Crippen LogP contribution in [0.25, 0.3) is 0 Å². The highest BCUT2D eigenvalue weighted by Crippen LogP contribution is 2.17. The zero-order chi connectivity index (χ0) is 12.8. The highest BCUT2D eigenvalue weighted by Gasteiger charge is 2.27. The third-order valence-corrected chi connectivity index (χ3v) is 2.21. The first-order valence-electron chi connectivity index (χ1n) is 5.61. The Morgan fingerprint density at radius 2 is 1.94 bits per heavy atom. The molecule has 0 saturated heterocycles. The summed E-state index contributed by atoms with van der Waals surface area (Å²) in [6, 6.07) is 0. The number of hydrogen-bond acceptors (Lipinski definition) is 5. The average molecular weight is 240 g/mol. The number of Topliss-reactive ketones (excluding diaryl/α,β-unsaturated/α-hetero) is 1. The molecule has 94 valence electrons. The van der Waals surface area contributed by atoms with Crippen molar-refractivity contribution >= 4 is 17.7 Å². The van der Waals surface area contributed by atoms with Crippen molar-refractivity contribution in [3.8, 4) is 0 Å². The van der Waals surface area contributed by atoms with Gasteiger partial charge in [-0.05, 0) is 26.7 Å². The Labute approximate surface area is 99.8 Å². The molecular formula is C12H16O5. The van der Waals surface area contributed by atoms with Gasteiger partial charge in [-0.1, -0.05) is 0 Å². The predicted octanol–water partition coefficient (Wildman–Crippen LogP) is 1.16. The van der Waals surface area contributed by atoms with E-state index in [0.717, 1.165) is 18.6 Å². The summed E-state index contributed by atoms with van der Waals surface area (Å²) in [4.78, 5) is 33.5. The van der Waals surface area contributed by atoms with Crippen molar-refractivity contribution in [2.75, 3.05) is 0 Å². The molecule has 5 nitrogen and oxygen atoms in total. The molecule has 1 unspecified atom stereocenters. The molecular weight excluding hydrogens is 224 g/mol. The van der Waals surface area contributed by atoms with Crippen LogP contribution in [-0.4, -0.2) is 29.9 Å². The highest BCUT2D eigenvalue weighted by atomic mass is 16.6. The second-order valence-electron chi connectivity index (χ2n) is 4.10. The van der Waals surface area contributed by atoms with E-state index in [1.807, 2.05) is 0 Å². The highest BCUT2D eigenvalue weighted by molar-refractivity contribution is 5.94. The van der Waals surface area contributed by atoms with E-state index < -0.39 is 18.0 Å². The fourth-order valence-electron chi connectivity index (χ4n) is 1.50. The summed E-state index contributed by atoms with van der Waals surface area (Å²) in [5.41, 5.74) is 0. The Kier molecular flexibility index (Phi) is 4.87. The first-order chi connectivity index (χ1) is 7.99. The van der Waals surface area contributed by atoms with Crippen molar-refractivity contribution in [3.05, 3.63) is 12.2 Å². The molecule has 0 spiro atoms. The number of carbonyl (C=O) groups is 3. The molecule has 1 fully saturated rings. The lowest BCUT2D eigenvalue weighted by Crippen LogP contribution is -2.21. The number of carbonyl (C=O) groups excluding carboxylic acids is 3. The molecule has 0 aromatic heterocycles. The molecule has 0 amide bonds. The molecule has 0 N–H and O–H groups in total. The number of hydrogen-bond donors (Lipinski definition) is 0. The average Bonchev–Trinajstić information content (AvgIpc) is 2.61.